The Morgan fingerprint density at radius 2 is 1.69 bits per heavy atom. The number of carbonyl (C=O) groups excluding carboxylic acids is 1. The average molecular weight is 527 g/mol. The Labute approximate surface area is 206 Å². The van der Waals surface area contributed by atoms with Crippen LogP contribution in [0.5, 0.6) is 5.75 Å². The van der Waals surface area contributed by atoms with Crippen LogP contribution in [-0.4, -0.2) is 38.8 Å². The molecular weight excluding hydrogens is 505 g/mol. The number of benzene rings is 3. The molecule has 0 unspecified atom stereocenters. The molecule has 0 radical (unpaired) electrons. The summed E-state index contributed by atoms with van der Waals surface area (Å²) in [6.45, 7) is -0.671. The monoisotopic (exact) mass is 526 g/mol. The van der Waals surface area contributed by atoms with E-state index >= 15 is 0 Å². The van der Waals surface area contributed by atoms with Crippen molar-refractivity contribution in [1.82, 2.24) is 4.31 Å². The molecule has 35 heavy (non-hydrogen) atoms. The van der Waals surface area contributed by atoms with E-state index in [4.69, 9.17) is 16.3 Å². The SMILES string of the molecule is COc1ccc(S(=O)(=O)N(CCc2ccccc2)CC(=O)Nc2cc(C(F)(F)F)ccc2Cl)cc1. The molecule has 0 aromatic heterocycles. The minimum absolute atomic E-state index is 0.0396. The van der Waals surface area contributed by atoms with Crippen molar-refractivity contribution in [2.75, 3.05) is 25.5 Å². The number of halogens is 4. The summed E-state index contributed by atoms with van der Waals surface area (Å²) in [4.78, 5) is 12.7. The number of anilines is 1. The molecule has 3 aromatic rings. The van der Waals surface area contributed by atoms with Crippen LogP contribution in [-0.2, 0) is 27.4 Å². The molecule has 0 fully saturated rings. The molecule has 0 atom stereocenters. The van der Waals surface area contributed by atoms with Crippen molar-refractivity contribution < 1.29 is 31.1 Å². The predicted molar refractivity (Wildman–Crippen MR) is 127 cm³/mol. The molecule has 0 heterocycles. The molecule has 0 saturated heterocycles. The predicted octanol–water partition coefficient (Wildman–Crippen LogP) is 5.24. The second-order valence-corrected chi connectivity index (χ2v) is 9.84. The van der Waals surface area contributed by atoms with Gasteiger partial charge in [-0.15, -0.1) is 0 Å². The molecule has 1 amide bonds. The Morgan fingerprint density at radius 3 is 2.29 bits per heavy atom. The first kappa shape index (κ1) is 26.5. The van der Waals surface area contributed by atoms with Crippen LogP contribution in [0.2, 0.25) is 5.02 Å². The van der Waals surface area contributed by atoms with Crippen molar-refractivity contribution in [3.8, 4) is 5.75 Å². The van der Waals surface area contributed by atoms with Crippen molar-refractivity contribution in [3.05, 3.63) is 88.9 Å². The van der Waals surface area contributed by atoms with Gasteiger partial charge in [-0.1, -0.05) is 41.9 Å². The minimum Gasteiger partial charge on any atom is -0.497 e. The molecule has 0 aliphatic rings. The Morgan fingerprint density at radius 1 is 1.03 bits per heavy atom. The number of carbonyl (C=O) groups is 1. The lowest BCUT2D eigenvalue weighted by molar-refractivity contribution is -0.137. The largest absolute Gasteiger partial charge is 0.497 e. The first-order valence-corrected chi connectivity index (χ1v) is 12.2. The maximum absolute atomic E-state index is 13.3. The number of nitrogens with zero attached hydrogens (tertiary/aromatic N) is 1. The lowest BCUT2D eigenvalue weighted by Crippen LogP contribution is -2.39. The number of nitrogens with one attached hydrogen (secondary N) is 1. The summed E-state index contributed by atoms with van der Waals surface area (Å²) in [5.74, 6) is -0.381. The van der Waals surface area contributed by atoms with Gasteiger partial charge in [-0.3, -0.25) is 4.79 Å². The second kappa shape index (κ2) is 11.1. The van der Waals surface area contributed by atoms with Gasteiger partial charge >= 0.3 is 6.18 Å². The van der Waals surface area contributed by atoms with E-state index in [-0.39, 0.29) is 22.2 Å². The molecule has 6 nitrogen and oxygen atoms in total. The number of methoxy groups -OCH3 is 1. The Balaban J connectivity index is 1.85. The third-order valence-electron chi connectivity index (χ3n) is 5.08. The Bertz CT molecular complexity index is 1270. The Hall–Kier alpha value is -3.08. The normalized spacial score (nSPS) is 11.9. The van der Waals surface area contributed by atoms with Crippen LogP contribution in [0.25, 0.3) is 0 Å². The summed E-state index contributed by atoms with van der Waals surface area (Å²) in [6.07, 6.45) is -4.32. The molecule has 0 aliphatic heterocycles. The van der Waals surface area contributed by atoms with Gasteiger partial charge in [0.2, 0.25) is 15.9 Å². The highest BCUT2D eigenvalue weighted by Crippen LogP contribution is 2.34. The van der Waals surface area contributed by atoms with E-state index in [2.05, 4.69) is 5.32 Å². The lowest BCUT2D eigenvalue weighted by Gasteiger charge is -2.22. The average Bonchev–Trinajstić information content (AvgIpc) is 2.83. The summed E-state index contributed by atoms with van der Waals surface area (Å²) in [7, 11) is -2.68. The van der Waals surface area contributed by atoms with Gasteiger partial charge in [0.25, 0.3) is 0 Å². The number of alkyl halides is 3. The van der Waals surface area contributed by atoms with Crippen LogP contribution < -0.4 is 10.1 Å². The molecule has 0 saturated carbocycles. The van der Waals surface area contributed by atoms with Gasteiger partial charge in [0.05, 0.1) is 34.8 Å². The number of hydrogen-bond acceptors (Lipinski definition) is 4. The smallest absolute Gasteiger partial charge is 0.416 e. The highest BCUT2D eigenvalue weighted by atomic mass is 35.5. The van der Waals surface area contributed by atoms with Crippen LogP contribution in [0.15, 0.2) is 77.7 Å². The van der Waals surface area contributed by atoms with Crippen LogP contribution in [0, 0.1) is 0 Å². The Kier molecular flexibility index (Phi) is 8.42. The van der Waals surface area contributed by atoms with E-state index in [0.717, 1.165) is 22.0 Å². The highest BCUT2D eigenvalue weighted by Gasteiger charge is 2.31. The van der Waals surface area contributed by atoms with E-state index in [1.165, 1.54) is 31.4 Å². The van der Waals surface area contributed by atoms with Crippen molar-refractivity contribution >= 4 is 33.2 Å². The molecule has 3 aromatic carbocycles. The van der Waals surface area contributed by atoms with Crippen molar-refractivity contribution in [1.29, 1.82) is 0 Å². The summed E-state index contributed by atoms with van der Waals surface area (Å²) in [5.41, 5.74) is -0.413. The molecule has 1 N–H and O–H groups in total. The van der Waals surface area contributed by atoms with Crippen LogP contribution in [0.1, 0.15) is 11.1 Å². The van der Waals surface area contributed by atoms with Gasteiger partial charge in [-0.2, -0.15) is 17.5 Å². The molecule has 0 spiro atoms. The van der Waals surface area contributed by atoms with Gasteiger partial charge in [0.15, 0.2) is 0 Å². The fraction of sp³-hybridized carbons (Fsp3) is 0.208. The quantitative estimate of drug-likeness (QED) is 0.414. The number of ether oxygens (including phenoxy) is 1. The number of amides is 1. The summed E-state index contributed by atoms with van der Waals surface area (Å²) in [6, 6.07) is 17.2. The number of rotatable bonds is 9. The third kappa shape index (κ3) is 6.97. The van der Waals surface area contributed by atoms with Crippen LogP contribution >= 0.6 is 11.6 Å². The first-order chi connectivity index (χ1) is 16.5. The standard InChI is InChI=1S/C24H22ClF3N2O4S/c1-34-19-8-10-20(11-9-19)35(32,33)30(14-13-17-5-3-2-4-6-17)16-23(31)29-22-15-18(24(26,27)28)7-12-21(22)25/h2-12,15H,13-14,16H2,1H3,(H,29,31). The zero-order valence-electron chi connectivity index (χ0n) is 18.5. The molecule has 0 aliphatic carbocycles. The van der Waals surface area contributed by atoms with Gasteiger partial charge in [-0.25, -0.2) is 8.42 Å². The van der Waals surface area contributed by atoms with Gasteiger partial charge < -0.3 is 10.1 Å². The van der Waals surface area contributed by atoms with E-state index in [9.17, 15) is 26.4 Å². The fourth-order valence-corrected chi connectivity index (χ4v) is 4.79. The summed E-state index contributed by atoms with van der Waals surface area (Å²) >= 11 is 5.96. The van der Waals surface area contributed by atoms with Gasteiger partial charge in [-0.05, 0) is 54.4 Å². The van der Waals surface area contributed by atoms with Crippen LogP contribution in [0.4, 0.5) is 18.9 Å². The summed E-state index contributed by atoms with van der Waals surface area (Å²) in [5, 5.41) is 2.19. The number of sulfonamides is 1. The zero-order chi connectivity index (χ0) is 25.6. The molecule has 186 valence electrons. The minimum atomic E-state index is -4.64. The van der Waals surface area contributed by atoms with Gasteiger partial charge in [0.1, 0.15) is 5.75 Å². The summed E-state index contributed by atoms with van der Waals surface area (Å²) < 4.78 is 71.8. The molecule has 3 rings (SSSR count). The second-order valence-electron chi connectivity index (χ2n) is 7.49. The molecule has 0 bridgehead atoms. The van der Waals surface area contributed by atoms with Crippen LogP contribution in [0.3, 0.4) is 0 Å². The van der Waals surface area contributed by atoms with Crippen molar-refractivity contribution in [2.45, 2.75) is 17.5 Å². The topological polar surface area (TPSA) is 75.7 Å². The highest BCUT2D eigenvalue weighted by molar-refractivity contribution is 7.89. The van der Waals surface area contributed by atoms with E-state index < -0.39 is 34.2 Å². The first-order valence-electron chi connectivity index (χ1n) is 10.4. The van der Waals surface area contributed by atoms with E-state index in [1.807, 2.05) is 18.2 Å². The number of hydrogen-bond donors (Lipinski definition) is 1. The maximum Gasteiger partial charge on any atom is 0.416 e. The lowest BCUT2D eigenvalue weighted by atomic mass is 10.1. The van der Waals surface area contributed by atoms with Gasteiger partial charge in [0, 0.05) is 6.54 Å². The van der Waals surface area contributed by atoms with E-state index in [0.29, 0.717) is 18.2 Å². The van der Waals surface area contributed by atoms with Crippen molar-refractivity contribution in [3.63, 3.8) is 0 Å². The molecular formula is C24H22ClF3N2O4S. The zero-order valence-corrected chi connectivity index (χ0v) is 20.1. The molecule has 11 heteroatoms. The third-order valence-corrected chi connectivity index (χ3v) is 7.27. The fourth-order valence-electron chi connectivity index (χ4n) is 3.23. The van der Waals surface area contributed by atoms with Crippen molar-refractivity contribution in [2.24, 2.45) is 0 Å². The maximum atomic E-state index is 13.3. The van der Waals surface area contributed by atoms with E-state index in [1.54, 1.807) is 12.1 Å².